The molecular formula is C10H6ClFN2O3. The van der Waals surface area contributed by atoms with E-state index in [0.29, 0.717) is 5.56 Å². The van der Waals surface area contributed by atoms with E-state index in [9.17, 15) is 9.18 Å². The Bertz CT molecular complexity index is 570. The smallest absolute Gasteiger partial charge is 0.396 e. The molecule has 7 heteroatoms. The van der Waals surface area contributed by atoms with Gasteiger partial charge in [0.25, 0.3) is 0 Å². The highest BCUT2D eigenvalue weighted by molar-refractivity contribution is 6.31. The number of rotatable bonds is 2. The fourth-order valence-corrected chi connectivity index (χ4v) is 1.32. The Labute approximate surface area is 100 Å². The summed E-state index contributed by atoms with van der Waals surface area (Å²) in [6.07, 6.45) is 0. The maximum Gasteiger partial charge on any atom is 0.396 e. The zero-order valence-corrected chi connectivity index (χ0v) is 9.36. The Kier molecular flexibility index (Phi) is 3.06. The van der Waals surface area contributed by atoms with Crippen molar-refractivity contribution in [1.82, 2.24) is 10.2 Å². The van der Waals surface area contributed by atoms with Gasteiger partial charge in [-0.3, -0.25) is 0 Å². The van der Waals surface area contributed by atoms with Gasteiger partial charge in [-0.05, 0) is 18.2 Å². The monoisotopic (exact) mass is 256 g/mol. The normalized spacial score (nSPS) is 10.3. The summed E-state index contributed by atoms with van der Waals surface area (Å²) in [5.74, 6) is -1.50. The molecule has 0 bridgehead atoms. The van der Waals surface area contributed by atoms with Crippen molar-refractivity contribution in [3.8, 4) is 11.5 Å². The van der Waals surface area contributed by atoms with Gasteiger partial charge in [0.2, 0.25) is 5.89 Å². The summed E-state index contributed by atoms with van der Waals surface area (Å²) < 4.78 is 22.4. The molecule has 88 valence electrons. The zero-order chi connectivity index (χ0) is 12.4. The van der Waals surface area contributed by atoms with Crippen LogP contribution in [0.1, 0.15) is 10.7 Å². The van der Waals surface area contributed by atoms with Crippen molar-refractivity contribution in [2.75, 3.05) is 7.11 Å². The van der Waals surface area contributed by atoms with Gasteiger partial charge in [0.05, 0.1) is 12.1 Å². The van der Waals surface area contributed by atoms with Gasteiger partial charge in [-0.25, -0.2) is 9.18 Å². The number of esters is 1. The van der Waals surface area contributed by atoms with Crippen LogP contribution in [0.3, 0.4) is 0 Å². The molecule has 1 aromatic carbocycles. The van der Waals surface area contributed by atoms with E-state index in [2.05, 4.69) is 14.9 Å². The molecule has 0 aliphatic heterocycles. The molecule has 0 atom stereocenters. The average molecular weight is 257 g/mol. The maximum absolute atomic E-state index is 12.9. The first kappa shape index (κ1) is 11.5. The number of hydrogen-bond donors (Lipinski definition) is 0. The number of halogens is 2. The van der Waals surface area contributed by atoms with Crippen molar-refractivity contribution in [2.24, 2.45) is 0 Å². The standard InChI is InChI=1S/C10H6ClFN2O3/c1-16-10(15)9-14-13-8(17-9)5-2-3-7(12)6(11)4-5/h2-4H,1H3. The van der Waals surface area contributed by atoms with E-state index in [1.807, 2.05) is 0 Å². The molecule has 0 amide bonds. The van der Waals surface area contributed by atoms with Crippen LogP contribution in [0.15, 0.2) is 22.6 Å². The predicted molar refractivity (Wildman–Crippen MR) is 56.0 cm³/mol. The summed E-state index contributed by atoms with van der Waals surface area (Å²) in [7, 11) is 1.20. The second-order valence-corrected chi connectivity index (χ2v) is 3.44. The van der Waals surface area contributed by atoms with Gasteiger partial charge in [0.15, 0.2) is 0 Å². The lowest BCUT2D eigenvalue weighted by Crippen LogP contribution is -2.00. The lowest BCUT2D eigenvalue weighted by Gasteiger charge is -1.96. The molecule has 2 rings (SSSR count). The maximum atomic E-state index is 12.9. The third kappa shape index (κ3) is 2.26. The van der Waals surface area contributed by atoms with Crippen molar-refractivity contribution in [3.05, 3.63) is 34.9 Å². The van der Waals surface area contributed by atoms with Crippen molar-refractivity contribution in [1.29, 1.82) is 0 Å². The topological polar surface area (TPSA) is 65.2 Å². The van der Waals surface area contributed by atoms with Crippen LogP contribution in [0.25, 0.3) is 11.5 Å². The fourth-order valence-electron chi connectivity index (χ4n) is 1.14. The quantitative estimate of drug-likeness (QED) is 0.772. The van der Waals surface area contributed by atoms with Crippen LogP contribution < -0.4 is 0 Å². The van der Waals surface area contributed by atoms with Gasteiger partial charge in [-0.15, -0.1) is 10.2 Å². The largest absolute Gasteiger partial charge is 0.462 e. The van der Waals surface area contributed by atoms with Gasteiger partial charge >= 0.3 is 11.9 Å². The number of aromatic nitrogens is 2. The number of methoxy groups -OCH3 is 1. The summed E-state index contributed by atoms with van der Waals surface area (Å²) >= 11 is 5.60. The summed E-state index contributed by atoms with van der Waals surface area (Å²) in [6.45, 7) is 0. The van der Waals surface area contributed by atoms with Gasteiger partial charge < -0.3 is 9.15 Å². The molecule has 0 unspecified atom stereocenters. The molecule has 2 aromatic rings. The lowest BCUT2D eigenvalue weighted by atomic mass is 10.2. The molecule has 5 nitrogen and oxygen atoms in total. The summed E-state index contributed by atoms with van der Waals surface area (Å²) in [4.78, 5) is 11.1. The van der Waals surface area contributed by atoms with Crippen LogP contribution in [-0.2, 0) is 4.74 Å². The molecule has 0 radical (unpaired) electrons. The van der Waals surface area contributed by atoms with Crippen LogP contribution in [0, 0.1) is 5.82 Å². The first-order chi connectivity index (χ1) is 8.11. The van der Waals surface area contributed by atoms with E-state index in [-0.39, 0.29) is 16.8 Å². The Morgan fingerprint density at radius 2 is 2.24 bits per heavy atom. The highest BCUT2D eigenvalue weighted by Crippen LogP contribution is 2.23. The number of ether oxygens (including phenoxy) is 1. The van der Waals surface area contributed by atoms with Crippen molar-refractivity contribution in [3.63, 3.8) is 0 Å². The first-order valence-electron chi connectivity index (χ1n) is 4.49. The minimum atomic E-state index is -0.739. The van der Waals surface area contributed by atoms with Crippen LogP contribution in [0.4, 0.5) is 4.39 Å². The van der Waals surface area contributed by atoms with Crippen LogP contribution in [0.2, 0.25) is 5.02 Å². The van der Waals surface area contributed by atoms with E-state index in [1.165, 1.54) is 25.3 Å². The third-order valence-electron chi connectivity index (χ3n) is 1.95. The van der Waals surface area contributed by atoms with Crippen LogP contribution >= 0.6 is 11.6 Å². The summed E-state index contributed by atoms with van der Waals surface area (Å²) in [6, 6.07) is 3.90. The van der Waals surface area contributed by atoms with E-state index in [0.717, 1.165) is 0 Å². The molecule has 0 fully saturated rings. The highest BCUT2D eigenvalue weighted by atomic mass is 35.5. The zero-order valence-electron chi connectivity index (χ0n) is 8.61. The Hall–Kier alpha value is -1.95. The lowest BCUT2D eigenvalue weighted by molar-refractivity contribution is 0.0556. The summed E-state index contributed by atoms with van der Waals surface area (Å²) in [5, 5.41) is 7.05. The SMILES string of the molecule is COC(=O)c1nnc(-c2ccc(F)c(Cl)c2)o1. The minimum absolute atomic E-state index is 0.0623. The van der Waals surface area contributed by atoms with Gasteiger partial charge in [0.1, 0.15) is 5.82 Å². The second-order valence-electron chi connectivity index (χ2n) is 3.03. The Morgan fingerprint density at radius 1 is 1.47 bits per heavy atom. The Morgan fingerprint density at radius 3 is 2.88 bits per heavy atom. The Balaban J connectivity index is 2.37. The molecule has 1 aromatic heterocycles. The molecule has 0 aliphatic rings. The third-order valence-corrected chi connectivity index (χ3v) is 2.24. The van der Waals surface area contributed by atoms with Crippen molar-refractivity contribution >= 4 is 17.6 Å². The summed E-state index contributed by atoms with van der Waals surface area (Å²) in [5.41, 5.74) is 0.416. The number of carbonyl (C=O) groups excluding carboxylic acids is 1. The van der Waals surface area contributed by atoms with Crippen molar-refractivity contribution in [2.45, 2.75) is 0 Å². The predicted octanol–water partition coefficient (Wildman–Crippen LogP) is 2.32. The number of nitrogens with zero attached hydrogens (tertiary/aromatic N) is 2. The average Bonchev–Trinajstić information content (AvgIpc) is 2.81. The number of hydrogen-bond acceptors (Lipinski definition) is 5. The molecule has 17 heavy (non-hydrogen) atoms. The molecule has 0 aliphatic carbocycles. The molecule has 1 heterocycles. The van der Waals surface area contributed by atoms with Crippen molar-refractivity contribution < 1.29 is 18.3 Å². The van der Waals surface area contributed by atoms with Crippen LogP contribution in [0.5, 0.6) is 0 Å². The van der Waals surface area contributed by atoms with E-state index < -0.39 is 11.8 Å². The fraction of sp³-hybridized carbons (Fsp3) is 0.100. The number of benzene rings is 1. The molecule has 0 saturated carbocycles. The molecule has 0 saturated heterocycles. The van der Waals surface area contributed by atoms with Gasteiger partial charge in [-0.1, -0.05) is 11.6 Å². The number of carbonyl (C=O) groups is 1. The second kappa shape index (κ2) is 4.50. The highest BCUT2D eigenvalue weighted by Gasteiger charge is 2.16. The van der Waals surface area contributed by atoms with Crippen LogP contribution in [-0.4, -0.2) is 23.3 Å². The first-order valence-corrected chi connectivity index (χ1v) is 4.87. The van der Waals surface area contributed by atoms with E-state index in [4.69, 9.17) is 16.0 Å². The van der Waals surface area contributed by atoms with E-state index >= 15 is 0 Å². The van der Waals surface area contributed by atoms with Gasteiger partial charge in [0, 0.05) is 5.56 Å². The van der Waals surface area contributed by atoms with E-state index in [1.54, 1.807) is 0 Å². The molecular weight excluding hydrogens is 251 g/mol. The molecule has 0 N–H and O–H groups in total. The molecule has 0 spiro atoms. The van der Waals surface area contributed by atoms with Gasteiger partial charge in [-0.2, -0.15) is 0 Å². The minimum Gasteiger partial charge on any atom is -0.462 e.